The molecule has 1 N–H and O–H groups in total. The minimum Gasteiger partial charge on any atom is -0.378 e. The first-order valence-corrected chi connectivity index (χ1v) is 7.91. The quantitative estimate of drug-likeness (QED) is 0.853. The molecule has 0 spiro atoms. The van der Waals surface area contributed by atoms with Gasteiger partial charge in [-0.25, -0.2) is 0 Å². The predicted octanol–water partition coefficient (Wildman–Crippen LogP) is 4.40. The first-order valence-electron chi connectivity index (χ1n) is 6.74. The summed E-state index contributed by atoms with van der Waals surface area (Å²) in [7, 11) is 0. The minimum atomic E-state index is 0.204. The van der Waals surface area contributed by atoms with Crippen LogP contribution in [0.25, 0.3) is 0 Å². The average molecular weight is 347 g/mol. The summed E-state index contributed by atoms with van der Waals surface area (Å²) < 4.78 is 6.69. The molecular weight excluding hydrogens is 326 g/mol. The Morgan fingerprint density at radius 2 is 2.21 bits per heavy atom. The highest BCUT2D eigenvalue weighted by Gasteiger charge is 2.48. The van der Waals surface area contributed by atoms with Gasteiger partial charge in [0.2, 0.25) is 0 Å². The fraction of sp³-hybridized carbons (Fsp3) is 0.600. The summed E-state index contributed by atoms with van der Waals surface area (Å²) in [4.78, 5) is 0. The Labute approximate surface area is 129 Å². The molecule has 1 aliphatic carbocycles. The molecule has 4 heteroatoms. The van der Waals surface area contributed by atoms with Gasteiger partial charge < -0.3 is 10.1 Å². The van der Waals surface area contributed by atoms with Crippen molar-refractivity contribution in [3.8, 4) is 0 Å². The van der Waals surface area contributed by atoms with Gasteiger partial charge in [-0.3, -0.25) is 0 Å². The molecule has 0 radical (unpaired) electrons. The Bertz CT molecular complexity index is 450. The first kappa shape index (κ1) is 15.3. The zero-order valence-corrected chi connectivity index (χ0v) is 14.0. The van der Waals surface area contributed by atoms with Gasteiger partial charge in [-0.05, 0) is 47.0 Å². The van der Waals surface area contributed by atoms with Crippen LogP contribution in [0.15, 0.2) is 22.7 Å². The SMILES string of the molecule is CCOC1CC(NCc2ccc(Br)c(Cl)c2)C1(C)C. The summed E-state index contributed by atoms with van der Waals surface area (Å²) in [5, 5.41) is 4.37. The molecule has 19 heavy (non-hydrogen) atoms. The van der Waals surface area contributed by atoms with Crippen molar-refractivity contribution in [3.63, 3.8) is 0 Å². The number of hydrogen-bond acceptors (Lipinski definition) is 2. The molecule has 1 aliphatic rings. The highest BCUT2D eigenvalue weighted by Crippen LogP contribution is 2.42. The second-order valence-corrected chi connectivity index (χ2v) is 6.94. The van der Waals surface area contributed by atoms with Gasteiger partial charge in [-0.1, -0.05) is 31.5 Å². The van der Waals surface area contributed by atoms with Crippen LogP contribution in [-0.2, 0) is 11.3 Å². The summed E-state index contributed by atoms with van der Waals surface area (Å²) >= 11 is 9.51. The molecule has 1 saturated carbocycles. The molecule has 1 aromatic rings. The Morgan fingerprint density at radius 1 is 1.47 bits per heavy atom. The summed E-state index contributed by atoms with van der Waals surface area (Å²) in [5.74, 6) is 0. The third kappa shape index (κ3) is 3.33. The number of nitrogens with one attached hydrogen (secondary N) is 1. The largest absolute Gasteiger partial charge is 0.378 e. The van der Waals surface area contributed by atoms with Gasteiger partial charge in [0.15, 0.2) is 0 Å². The number of rotatable bonds is 5. The molecule has 1 fully saturated rings. The van der Waals surface area contributed by atoms with Crippen molar-refractivity contribution in [2.24, 2.45) is 5.41 Å². The predicted molar refractivity (Wildman–Crippen MR) is 83.6 cm³/mol. The molecule has 0 bridgehead atoms. The van der Waals surface area contributed by atoms with Crippen LogP contribution in [0.1, 0.15) is 32.8 Å². The molecule has 0 amide bonds. The molecule has 2 rings (SSSR count). The van der Waals surface area contributed by atoms with Crippen LogP contribution in [0.4, 0.5) is 0 Å². The van der Waals surface area contributed by atoms with E-state index in [1.165, 1.54) is 5.56 Å². The Kier molecular flexibility index (Phi) is 4.93. The molecule has 2 nitrogen and oxygen atoms in total. The highest BCUT2D eigenvalue weighted by atomic mass is 79.9. The van der Waals surface area contributed by atoms with E-state index >= 15 is 0 Å². The van der Waals surface area contributed by atoms with Gasteiger partial charge >= 0.3 is 0 Å². The summed E-state index contributed by atoms with van der Waals surface area (Å²) in [6.07, 6.45) is 1.47. The maximum atomic E-state index is 6.10. The third-order valence-corrected chi connectivity index (χ3v) is 5.31. The van der Waals surface area contributed by atoms with Crippen LogP contribution in [0.2, 0.25) is 5.02 Å². The fourth-order valence-electron chi connectivity index (χ4n) is 2.61. The van der Waals surface area contributed by atoms with Crippen molar-refractivity contribution in [2.45, 2.75) is 45.9 Å². The molecule has 0 saturated heterocycles. The monoisotopic (exact) mass is 345 g/mol. The number of benzene rings is 1. The Hall–Kier alpha value is -0.0900. The van der Waals surface area contributed by atoms with E-state index in [1.54, 1.807) is 0 Å². The van der Waals surface area contributed by atoms with E-state index in [9.17, 15) is 0 Å². The third-order valence-electron chi connectivity index (χ3n) is 4.08. The maximum Gasteiger partial charge on any atom is 0.0655 e. The summed E-state index contributed by atoms with van der Waals surface area (Å²) in [5.41, 5.74) is 1.42. The van der Waals surface area contributed by atoms with Gasteiger partial charge in [-0.2, -0.15) is 0 Å². The van der Waals surface area contributed by atoms with Crippen LogP contribution in [0, 0.1) is 5.41 Å². The summed E-state index contributed by atoms with van der Waals surface area (Å²) in [6, 6.07) is 6.60. The van der Waals surface area contributed by atoms with Crippen molar-refractivity contribution in [1.29, 1.82) is 0 Å². The normalized spacial score (nSPS) is 25.1. The smallest absolute Gasteiger partial charge is 0.0655 e. The van der Waals surface area contributed by atoms with E-state index in [4.69, 9.17) is 16.3 Å². The molecular formula is C15H21BrClNO. The van der Waals surface area contributed by atoms with Crippen molar-refractivity contribution < 1.29 is 4.74 Å². The average Bonchev–Trinajstić information content (AvgIpc) is 2.37. The standard InChI is InChI=1S/C15H21BrClNO/c1-4-19-14-8-13(15(14,2)3)18-9-10-5-6-11(16)12(17)7-10/h5-7,13-14,18H,4,8-9H2,1-3H3. The maximum absolute atomic E-state index is 6.10. The molecule has 0 heterocycles. The van der Waals surface area contributed by atoms with Crippen LogP contribution in [0.3, 0.4) is 0 Å². The molecule has 0 aromatic heterocycles. The van der Waals surface area contributed by atoms with E-state index in [0.29, 0.717) is 12.1 Å². The lowest BCUT2D eigenvalue weighted by atomic mass is 9.64. The lowest BCUT2D eigenvalue weighted by molar-refractivity contribution is -0.114. The Morgan fingerprint density at radius 3 is 2.79 bits per heavy atom. The lowest BCUT2D eigenvalue weighted by Crippen LogP contribution is -2.60. The lowest BCUT2D eigenvalue weighted by Gasteiger charge is -2.52. The second kappa shape index (κ2) is 6.13. The van der Waals surface area contributed by atoms with E-state index in [2.05, 4.69) is 48.1 Å². The molecule has 2 atom stereocenters. The van der Waals surface area contributed by atoms with E-state index in [1.807, 2.05) is 12.1 Å². The highest BCUT2D eigenvalue weighted by molar-refractivity contribution is 9.10. The van der Waals surface area contributed by atoms with Crippen molar-refractivity contribution >= 4 is 27.5 Å². The van der Waals surface area contributed by atoms with E-state index < -0.39 is 0 Å². The molecule has 1 aromatic carbocycles. The fourth-order valence-corrected chi connectivity index (χ4v) is 3.06. The Balaban J connectivity index is 1.88. The van der Waals surface area contributed by atoms with E-state index in [0.717, 1.165) is 29.1 Å². The molecule has 0 aliphatic heterocycles. The van der Waals surface area contributed by atoms with Gasteiger partial charge in [0, 0.05) is 29.1 Å². The number of ether oxygens (including phenoxy) is 1. The van der Waals surface area contributed by atoms with Crippen LogP contribution < -0.4 is 5.32 Å². The van der Waals surface area contributed by atoms with Gasteiger partial charge in [-0.15, -0.1) is 0 Å². The first-order chi connectivity index (χ1) is 8.95. The van der Waals surface area contributed by atoms with Gasteiger partial charge in [0.25, 0.3) is 0 Å². The molecule has 106 valence electrons. The van der Waals surface area contributed by atoms with Crippen molar-refractivity contribution in [3.05, 3.63) is 33.3 Å². The molecule has 2 unspecified atom stereocenters. The van der Waals surface area contributed by atoms with Crippen LogP contribution in [-0.4, -0.2) is 18.8 Å². The van der Waals surface area contributed by atoms with Crippen molar-refractivity contribution in [1.82, 2.24) is 5.32 Å². The topological polar surface area (TPSA) is 21.3 Å². The number of halogens is 2. The van der Waals surface area contributed by atoms with E-state index in [-0.39, 0.29) is 5.41 Å². The zero-order valence-electron chi connectivity index (χ0n) is 11.7. The second-order valence-electron chi connectivity index (χ2n) is 5.68. The zero-order chi connectivity index (χ0) is 14.0. The summed E-state index contributed by atoms with van der Waals surface area (Å²) in [6.45, 7) is 8.23. The van der Waals surface area contributed by atoms with Gasteiger partial charge in [0.1, 0.15) is 0 Å². The van der Waals surface area contributed by atoms with Crippen LogP contribution >= 0.6 is 27.5 Å². The van der Waals surface area contributed by atoms with Gasteiger partial charge in [0.05, 0.1) is 11.1 Å². The van der Waals surface area contributed by atoms with Crippen LogP contribution in [0.5, 0.6) is 0 Å². The minimum absolute atomic E-state index is 0.204. The number of hydrogen-bond donors (Lipinski definition) is 1. The van der Waals surface area contributed by atoms with Crippen molar-refractivity contribution in [2.75, 3.05) is 6.61 Å².